The second-order valence-corrected chi connectivity index (χ2v) is 4.62. The number of carbonyl (C=O) groups is 1. The molecule has 0 radical (unpaired) electrons. The SMILES string of the molecule is CCC(C)Sc1ccc(C=O)cc1F. The Balaban J connectivity index is 2.83. The molecule has 0 bridgehead atoms. The van der Waals surface area contributed by atoms with Crippen molar-refractivity contribution in [3.8, 4) is 0 Å². The number of thioether (sulfide) groups is 1. The summed E-state index contributed by atoms with van der Waals surface area (Å²) in [4.78, 5) is 11.0. The third-order valence-electron chi connectivity index (χ3n) is 2.00. The minimum atomic E-state index is -0.306. The summed E-state index contributed by atoms with van der Waals surface area (Å²) in [5.74, 6) is -0.306. The Morgan fingerprint density at radius 1 is 1.57 bits per heavy atom. The van der Waals surface area contributed by atoms with Crippen molar-refractivity contribution >= 4 is 18.0 Å². The molecule has 1 unspecified atom stereocenters. The van der Waals surface area contributed by atoms with E-state index in [1.54, 1.807) is 12.1 Å². The lowest BCUT2D eigenvalue weighted by molar-refractivity contribution is 0.112. The van der Waals surface area contributed by atoms with Gasteiger partial charge in [-0.2, -0.15) is 0 Å². The van der Waals surface area contributed by atoms with Crippen molar-refractivity contribution in [1.29, 1.82) is 0 Å². The summed E-state index contributed by atoms with van der Waals surface area (Å²) in [6.45, 7) is 4.12. The van der Waals surface area contributed by atoms with Gasteiger partial charge >= 0.3 is 0 Å². The third-order valence-corrected chi connectivity index (χ3v) is 3.32. The zero-order chi connectivity index (χ0) is 10.6. The Kier molecular flexibility index (Phi) is 4.14. The van der Waals surface area contributed by atoms with Crippen molar-refractivity contribution in [3.05, 3.63) is 29.6 Å². The van der Waals surface area contributed by atoms with E-state index in [1.165, 1.54) is 17.8 Å². The molecule has 1 nitrogen and oxygen atoms in total. The Bertz CT molecular complexity index is 325. The molecule has 0 saturated carbocycles. The van der Waals surface area contributed by atoms with E-state index in [0.717, 1.165) is 6.42 Å². The van der Waals surface area contributed by atoms with Crippen LogP contribution in [0.3, 0.4) is 0 Å². The average molecular weight is 212 g/mol. The van der Waals surface area contributed by atoms with Crippen LogP contribution in [-0.2, 0) is 0 Å². The predicted octanol–water partition coefficient (Wildman–Crippen LogP) is 3.53. The van der Waals surface area contributed by atoms with Gasteiger partial charge in [0.1, 0.15) is 12.1 Å². The van der Waals surface area contributed by atoms with Gasteiger partial charge in [-0.1, -0.05) is 19.9 Å². The highest BCUT2D eigenvalue weighted by Gasteiger charge is 2.07. The molecule has 0 aliphatic heterocycles. The molecule has 0 amide bonds. The van der Waals surface area contributed by atoms with Gasteiger partial charge in [-0.3, -0.25) is 4.79 Å². The molecule has 3 heteroatoms. The third kappa shape index (κ3) is 2.84. The summed E-state index contributed by atoms with van der Waals surface area (Å²) in [7, 11) is 0. The van der Waals surface area contributed by atoms with Crippen LogP contribution in [-0.4, -0.2) is 11.5 Å². The molecular weight excluding hydrogens is 199 g/mol. The summed E-state index contributed by atoms with van der Waals surface area (Å²) in [6, 6.07) is 4.58. The highest BCUT2D eigenvalue weighted by atomic mass is 32.2. The molecule has 1 aromatic rings. The zero-order valence-corrected chi connectivity index (χ0v) is 9.10. The number of carbonyl (C=O) groups excluding carboxylic acids is 1. The van der Waals surface area contributed by atoms with E-state index >= 15 is 0 Å². The minimum Gasteiger partial charge on any atom is -0.298 e. The lowest BCUT2D eigenvalue weighted by Gasteiger charge is -2.08. The first-order valence-corrected chi connectivity index (χ1v) is 5.46. The molecule has 1 atom stereocenters. The lowest BCUT2D eigenvalue weighted by atomic mass is 10.2. The average Bonchev–Trinajstić information content (AvgIpc) is 2.20. The molecule has 0 aromatic heterocycles. The maximum atomic E-state index is 13.4. The fraction of sp³-hybridized carbons (Fsp3) is 0.364. The molecule has 0 heterocycles. The summed E-state index contributed by atoms with van der Waals surface area (Å²) < 4.78 is 13.4. The molecular formula is C11H13FOS. The molecule has 0 saturated heterocycles. The minimum absolute atomic E-state index is 0.306. The van der Waals surface area contributed by atoms with Crippen LogP contribution in [0.1, 0.15) is 30.6 Å². The zero-order valence-electron chi connectivity index (χ0n) is 8.29. The van der Waals surface area contributed by atoms with Gasteiger partial charge in [0.2, 0.25) is 0 Å². The van der Waals surface area contributed by atoms with Gasteiger partial charge in [0, 0.05) is 15.7 Å². The molecule has 1 aromatic carbocycles. The summed E-state index contributed by atoms with van der Waals surface area (Å²) in [6.07, 6.45) is 1.65. The number of benzene rings is 1. The van der Waals surface area contributed by atoms with Crippen LogP contribution in [0.5, 0.6) is 0 Å². The van der Waals surface area contributed by atoms with Gasteiger partial charge in [-0.05, 0) is 18.6 Å². The molecule has 14 heavy (non-hydrogen) atoms. The van der Waals surface area contributed by atoms with Crippen LogP contribution in [0.25, 0.3) is 0 Å². The monoisotopic (exact) mass is 212 g/mol. The maximum absolute atomic E-state index is 13.4. The van der Waals surface area contributed by atoms with E-state index in [1.807, 2.05) is 0 Å². The van der Waals surface area contributed by atoms with Crippen molar-refractivity contribution < 1.29 is 9.18 Å². The van der Waals surface area contributed by atoms with Crippen LogP contribution < -0.4 is 0 Å². The number of halogens is 1. The summed E-state index contributed by atoms with van der Waals surface area (Å²) >= 11 is 1.50. The van der Waals surface area contributed by atoms with Gasteiger partial charge in [0.05, 0.1) is 0 Å². The number of aldehydes is 1. The highest BCUT2D eigenvalue weighted by molar-refractivity contribution is 7.99. The predicted molar refractivity (Wildman–Crippen MR) is 57.4 cm³/mol. The van der Waals surface area contributed by atoms with Crippen LogP contribution in [0.4, 0.5) is 4.39 Å². The van der Waals surface area contributed by atoms with E-state index in [-0.39, 0.29) is 5.82 Å². The second kappa shape index (κ2) is 5.15. The van der Waals surface area contributed by atoms with Crippen LogP contribution in [0.2, 0.25) is 0 Å². The topological polar surface area (TPSA) is 17.1 Å². The van der Waals surface area contributed by atoms with Crippen molar-refractivity contribution in [3.63, 3.8) is 0 Å². The number of hydrogen-bond donors (Lipinski definition) is 0. The second-order valence-electron chi connectivity index (χ2n) is 3.14. The van der Waals surface area contributed by atoms with Crippen molar-refractivity contribution in [1.82, 2.24) is 0 Å². The molecule has 76 valence electrons. The number of hydrogen-bond acceptors (Lipinski definition) is 2. The van der Waals surface area contributed by atoms with Crippen molar-refractivity contribution in [2.24, 2.45) is 0 Å². The highest BCUT2D eigenvalue weighted by Crippen LogP contribution is 2.27. The van der Waals surface area contributed by atoms with Crippen LogP contribution in [0, 0.1) is 5.82 Å². The van der Waals surface area contributed by atoms with Gasteiger partial charge < -0.3 is 0 Å². The van der Waals surface area contributed by atoms with E-state index in [9.17, 15) is 9.18 Å². The van der Waals surface area contributed by atoms with Crippen LogP contribution >= 0.6 is 11.8 Å². The Morgan fingerprint density at radius 2 is 2.29 bits per heavy atom. The van der Waals surface area contributed by atoms with Gasteiger partial charge in [0.25, 0.3) is 0 Å². The Hall–Kier alpha value is -0.830. The van der Waals surface area contributed by atoms with E-state index < -0.39 is 0 Å². The van der Waals surface area contributed by atoms with Crippen molar-refractivity contribution in [2.75, 3.05) is 0 Å². The van der Waals surface area contributed by atoms with Crippen molar-refractivity contribution in [2.45, 2.75) is 30.4 Å². The number of rotatable bonds is 4. The Labute approximate surface area is 87.7 Å². The first-order chi connectivity index (χ1) is 6.67. The smallest absolute Gasteiger partial charge is 0.150 e. The molecule has 0 fully saturated rings. The fourth-order valence-electron chi connectivity index (χ4n) is 0.986. The summed E-state index contributed by atoms with van der Waals surface area (Å²) in [5, 5.41) is 0.395. The largest absolute Gasteiger partial charge is 0.298 e. The molecule has 0 aliphatic carbocycles. The first kappa shape index (κ1) is 11.2. The standard InChI is InChI=1S/C11H13FOS/c1-3-8(2)14-11-5-4-9(7-13)6-10(11)12/h4-8H,3H2,1-2H3. The van der Waals surface area contributed by atoms with Crippen LogP contribution in [0.15, 0.2) is 23.1 Å². The normalized spacial score (nSPS) is 12.5. The Morgan fingerprint density at radius 3 is 2.79 bits per heavy atom. The van der Waals surface area contributed by atoms with Gasteiger partial charge in [-0.25, -0.2) is 4.39 Å². The maximum Gasteiger partial charge on any atom is 0.150 e. The molecule has 0 spiro atoms. The molecule has 1 rings (SSSR count). The fourth-order valence-corrected chi connectivity index (χ4v) is 1.90. The lowest BCUT2D eigenvalue weighted by Crippen LogP contribution is -1.94. The van der Waals surface area contributed by atoms with Gasteiger partial charge in [-0.15, -0.1) is 11.8 Å². The van der Waals surface area contributed by atoms with Gasteiger partial charge in [0.15, 0.2) is 0 Å². The summed E-state index contributed by atoms with van der Waals surface area (Å²) in [5.41, 5.74) is 0.385. The van der Waals surface area contributed by atoms with E-state index in [4.69, 9.17) is 0 Å². The molecule has 0 N–H and O–H groups in total. The van der Waals surface area contributed by atoms with E-state index in [0.29, 0.717) is 22.0 Å². The quantitative estimate of drug-likeness (QED) is 0.561. The molecule has 0 aliphatic rings. The van der Waals surface area contributed by atoms with E-state index in [2.05, 4.69) is 13.8 Å². The first-order valence-electron chi connectivity index (χ1n) is 4.58.